The zero-order chi connectivity index (χ0) is 20.2. The van der Waals surface area contributed by atoms with Gasteiger partial charge in [-0.05, 0) is 29.7 Å². The van der Waals surface area contributed by atoms with E-state index in [1.54, 1.807) is 0 Å². The summed E-state index contributed by atoms with van der Waals surface area (Å²) in [5.41, 5.74) is 1.33. The van der Waals surface area contributed by atoms with E-state index >= 15 is 0 Å². The van der Waals surface area contributed by atoms with Crippen molar-refractivity contribution < 1.29 is 19.0 Å². The lowest BCUT2D eigenvalue weighted by Gasteiger charge is -2.44. The molecular weight excluding hydrogens is 362 g/mol. The fourth-order valence-electron chi connectivity index (χ4n) is 6.97. The average Bonchev–Trinajstić information content (AvgIpc) is 3.38. The van der Waals surface area contributed by atoms with Gasteiger partial charge < -0.3 is 4.74 Å². The maximum atomic E-state index is 13.4. The fraction of sp³-hybridized carbons (Fsp3) is 0.720. The van der Waals surface area contributed by atoms with Crippen LogP contribution in [0.15, 0.2) is 30.3 Å². The molecule has 0 N–H and O–H groups in total. The number of rotatable bonds is 4. The Kier molecular flexibility index (Phi) is 4.78. The van der Waals surface area contributed by atoms with Crippen LogP contribution in [0.25, 0.3) is 0 Å². The van der Waals surface area contributed by atoms with Crippen LogP contribution in [0.5, 0.6) is 0 Å². The third kappa shape index (κ3) is 3.14. The van der Waals surface area contributed by atoms with Crippen LogP contribution in [0.2, 0.25) is 0 Å². The van der Waals surface area contributed by atoms with Crippen LogP contribution in [0, 0.1) is 17.8 Å². The van der Waals surface area contributed by atoms with Gasteiger partial charge in [-0.1, -0.05) is 57.5 Å². The minimum Gasteiger partial charge on any atom is -0.462 e. The number of hydrogen-bond donors (Lipinski definition) is 0. The van der Waals surface area contributed by atoms with Crippen LogP contribution in [0.4, 0.5) is 0 Å². The second-order valence-corrected chi connectivity index (χ2v) is 10.7. The third-order valence-electron chi connectivity index (χ3n) is 8.63. The molecule has 4 fully saturated rings. The van der Waals surface area contributed by atoms with Crippen LogP contribution in [0.1, 0.15) is 64.9 Å². The average molecular weight is 399 g/mol. The van der Waals surface area contributed by atoms with E-state index in [1.807, 2.05) is 0 Å². The lowest BCUT2D eigenvalue weighted by molar-refractivity contribution is -1.09. The molecule has 1 unspecified atom stereocenters. The maximum absolute atomic E-state index is 13.4. The first-order valence-corrected chi connectivity index (χ1v) is 11.7. The SMILES string of the molecule is C[C@@H]1CC[C@@H](C(C)(C)c2ccccc2)[C@H](OC(=O)[C@H]2[C@@H]3CC[N+]4(CCC[C@@H]24)O3)C1. The Labute approximate surface area is 175 Å². The molecule has 1 aromatic carbocycles. The van der Waals surface area contributed by atoms with Crippen molar-refractivity contribution in [3.05, 3.63) is 35.9 Å². The second kappa shape index (κ2) is 7.09. The minimum atomic E-state index is -0.0519. The number of carbonyl (C=O) groups is 1. The van der Waals surface area contributed by atoms with Crippen molar-refractivity contribution in [2.45, 2.75) is 83.0 Å². The first-order valence-electron chi connectivity index (χ1n) is 11.7. The molecule has 3 aliphatic heterocycles. The number of hydrogen-bond acceptors (Lipinski definition) is 3. The molecule has 2 bridgehead atoms. The highest BCUT2D eigenvalue weighted by molar-refractivity contribution is 5.74. The molecule has 5 rings (SSSR count). The van der Waals surface area contributed by atoms with Crippen molar-refractivity contribution in [1.82, 2.24) is 0 Å². The van der Waals surface area contributed by atoms with Crippen molar-refractivity contribution in [2.75, 3.05) is 13.1 Å². The van der Waals surface area contributed by atoms with Crippen LogP contribution in [-0.2, 0) is 19.8 Å². The molecule has 4 nitrogen and oxygen atoms in total. The van der Waals surface area contributed by atoms with Crippen LogP contribution in [-0.4, -0.2) is 42.0 Å². The van der Waals surface area contributed by atoms with Crippen molar-refractivity contribution in [3.8, 4) is 0 Å². The first kappa shape index (κ1) is 19.6. The van der Waals surface area contributed by atoms with Gasteiger partial charge in [0.2, 0.25) is 0 Å². The Morgan fingerprint density at radius 3 is 2.69 bits per heavy atom. The summed E-state index contributed by atoms with van der Waals surface area (Å²) in [7, 11) is 0. The number of carbonyl (C=O) groups excluding carboxylic acids is 1. The van der Waals surface area contributed by atoms with E-state index in [2.05, 4.69) is 51.1 Å². The third-order valence-corrected chi connectivity index (χ3v) is 8.63. The van der Waals surface area contributed by atoms with E-state index in [0.717, 1.165) is 43.4 Å². The maximum Gasteiger partial charge on any atom is 0.318 e. The Balaban J connectivity index is 1.36. The molecule has 0 amide bonds. The smallest absolute Gasteiger partial charge is 0.318 e. The quantitative estimate of drug-likeness (QED) is 0.548. The summed E-state index contributed by atoms with van der Waals surface area (Å²) in [6.45, 7) is 9.12. The Bertz CT molecular complexity index is 759. The van der Waals surface area contributed by atoms with Crippen molar-refractivity contribution >= 4 is 5.97 Å². The lowest BCUT2D eigenvalue weighted by atomic mass is 9.64. The molecule has 29 heavy (non-hydrogen) atoms. The molecule has 4 heteroatoms. The number of hydroxylamine groups is 3. The summed E-state index contributed by atoms with van der Waals surface area (Å²) in [6, 6.07) is 11.1. The number of piperidine rings is 1. The Hall–Kier alpha value is -1.39. The summed E-state index contributed by atoms with van der Waals surface area (Å²) in [4.78, 5) is 19.8. The van der Waals surface area contributed by atoms with E-state index in [1.165, 1.54) is 18.4 Å². The van der Waals surface area contributed by atoms with Gasteiger partial charge in [0.15, 0.2) is 0 Å². The van der Waals surface area contributed by atoms with E-state index in [-0.39, 0.29) is 29.5 Å². The molecule has 0 aromatic heterocycles. The zero-order valence-electron chi connectivity index (χ0n) is 18.2. The van der Waals surface area contributed by atoms with Gasteiger partial charge >= 0.3 is 5.97 Å². The summed E-state index contributed by atoms with van der Waals surface area (Å²) in [5.74, 6) is 0.940. The van der Waals surface area contributed by atoms with Crippen molar-refractivity contribution in [2.24, 2.45) is 17.8 Å². The zero-order valence-corrected chi connectivity index (χ0v) is 18.2. The van der Waals surface area contributed by atoms with Crippen LogP contribution in [0.3, 0.4) is 0 Å². The van der Waals surface area contributed by atoms with Gasteiger partial charge in [0.1, 0.15) is 37.3 Å². The standard InChI is InChI=1S/C25H36NO3/c1-17-11-12-19(25(2,3)18-8-5-4-6-9-18)22(16-17)28-24(27)23-20-10-7-14-26(20)15-13-21(23)29-26/h4-6,8-9,17,19-23H,7,10-16H2,1-3H3/q+1/t17-,19-,20+,21+,22-,23-,26?/m1/s1. The molecule has 1 aliphatic carbocycles. The van der Waals surface area contributed by atoms with E-state index in [0.29, 0.717) is 17.9 Å². The predicted octanol–water partition coefficient (Wildman–Crippen LogP) is 4.63. The molecule has 7 atom stereocenters. The van der Waals surface area contributed by atoms with E-state index < -0.39 is 0 Å². The van der Waals surface area contributed by atoms with Gasteiger partial charge in [0, 0.05) is 25.2 Å². The lowest BCUT2D eigenvalue weighted by Crippen LogP contribution is -2.51. The van der Waals surface area contributed by atoms with Crippen molar-refractivity contribution in [3.63, 3.8) is 0 Å². The molecule has 3 heterocycles. The Morgan fingerprint density at radius 2 is 1.90 bits per heavy atom. The monoisotopic (exact) mass is 398 g/mol. The van der Waals surface area contributed by atoms with Crippen LogP contribution >= 0.6 is 0 Å². The second-order valence-electron chi connectivity index (χ2n) is 10.7. The molecule has 0 radical (unpaired) electrons. The molecule has 3 saturated heterocycles. The molecule has 158 valence electrons. The minimum absolute atomic E-state index is 0.00503. The molecule has 1 aromatic rings. The predicted molar refractivity (Wildman–Crippen MR) is 112 cm³/mol. The first-order chi connectivity index (χ1) is 13.9. The number of ether oxygens (including phenoxy) is 1. The van der Waals surface area contributed by atoms with Crippen LogP contribution < -0.4 is 0 Å². The summed E-state index contributed by atoms with van der Waals surface area (Å²) in [6.07, 6.45) is 6.69. The van der Waals surface area contributed by atoms with Gasteiger partial charge in [-0.15, -0.1) is 0 Å². The summed E-state index contributed by atoms with van der Waals surface area (Å²) >= 11 is 0. The number of nitrogens with zero attached hydrogens (tertiary/aromatic N) is 1. The topological polar surface area (TPSA) is 35.5 Å². The van der Waals surface area contributed by atoms with Gasteiger partial charge in [0.25, 0.3) is 0 Å². The van der Waals surface area contributed by atoms with Gasteiger partial charge in [-0.2, -0.15) is 9.48 Å². The highest BCUT2D eigenvalue weighted by Crippen LogP contribution is 2.50. The Morgan fingerprint density at radius 1 is 1.10 bits per heavy atom. The van der Waals surface area contributed by atoms with Gasteiger partial charge in [0.05, 0.1) is 0 Å². The molecule has 4 aliphatic rings. The number of benzene rings is 1. The molecule has 1 saturated carbocycles. The fourth-order valence-corrected chi connectivity index (χ4v) is 6.97. The van der Waals surface area contributed by atoms with Gasteiger partial charge in [-0.25, -0.2) is 0 Å². The summed E-state index contributed by atoms with van der Waals surface area (Å²) < 4.78 is 7.14. The highest BCUT2D eigenvalue weighted by Gasteiger charge is 2.66. The van der Waals surface area contributed by atoms with E-state index in [4.69, 9.17) is 9.57 Å². The number of esters is 1. The van der Waals surface area contributed by atoms with Crippen molar-refractivity contribution in [1.29, 1.82) is 0 Å². The summed E-state index contributed by atoms with van der Waals surface area (Å²) in [5, 5.41) is 0. The number of quaternary nitrogens is 1. The highest BCUT2D eigenvalue weighted by atomic mass is 16.7. The number of fused-ring (bicyclic) bond motifs is 1. The molecule has 1 spiro atoms. The van der Waals surface area contributed by atoms with Gasteiger partial charge in [-0.3, -0.25) is 4.79 Å². The molecular formula is C25H36NO3+. The van der Waals surface area contributed by atoms with E-state index in [9.17, 15) is 4.79 Å². The normalized spacial score (nSPS) is 41.3. The largest absolute Gasteiger partial charge is 0.462 e.